The third kappa shape index (κ3) is 9.84. The molecule has 210 valence electrons. The zero-order valence-electron chi connectivity index (χ0n) is 21.4. The molecule has 35 heavy (non-hydrogen) atoms. The van der Waals surface area contributed by atoms with Crippen LogP contribution in [0.4, 0.5) is 39.5 Å². The monoisotopic (exact) mass is 614 g/mol. The van der Waals surface area contributed by atoms with Crippen LogP contribution in [0.15, 0.2) is 0 Å². The molecule has 0 bridgehead atoms. The van der Waals surface area contributed by atoms with Gasteiger partial charge in [-0.3, -0.25) is 0 Å². The fourth-order valence-electron chi connectivity index (χ4n) is 2.89. The van der Waals surface area contributed by atoms with Crippen molar-refractivity contribution in [3.05, 3.63) is 0 Å². The SMILES string of the molecule is CO[Si](C)(C)CC[Si](C)(C)O[Si](CCC(F)(F)C(F)(F)C(F)(F)C(F)(F)F)(O[Si](C)C)O[Si](C)C. The Morgan fingerprint density at radius 3 is 1.37 bits per heavy atom. The molecule has 0 N–H and O–H groups in total. The Morgan fingerprint density at radius 1 is 0.629 bits per heavy atom. The zero-order chi connectivity index (χ0) is 28.3. The molecule has 0 heterocycles. The summed E-state index contributed by atoms with van der Waals surface area (Å²) in [4.78, 5) is 0. The maximum atomic E-state index is 14.4. The quantitative estimate of drug-likeness (QED) is 0.142. The van der Waals surface area contributed by atoms with Gasteiger partial charge in [-0.15, -0.1) is 0 Å². The molecule has 0 spiro atoms. The highest BCUT2D eigenvalue weighted by Gasteiger charge is 2.81. The van der Waals surface area contributed by atoms with Gasteiger partial charge in [0.1, 0.15) is 0 Å². The third-order valence-electron chi connectivity index (χ3n) is 4.99. The van der Waals surface area contributed by atoms with Crippen LogP contribution in [0.3, 0.4) is 0 Å². The van der Waals surface area contributed by atoms with Crippen molar-refractivity contribution < 1.29 is 56.3 Å². The molecule has 2 radical (unpaired) electrons. The van der Waals surface area contributed by atoms with Gasteiger partial charge in [0.15, 0.2) is 34.7 Å². The summed E-state index contributed by atoms with van der Waals surface area (Å²) in [5, 5.41) is 0. The van der Waals surface area contributed by atoms with Crippen LogP contribution in [0.25, 0.3) is 0 Å². The van der Waals surface area contributed by atoms with Crippen molar-refractivity contribution in [1.29, 1.82) is 0 Å². The molecule has 18 heteroatoms. The van der Waals surface area contributed by atoms with E-state index in [1.165, 1.54) is 0 Å². The van der Waals surface area contributed by atoms with E-state index in [1.54, 1.807) is 46.4 Å². The number of rotatable bonds is 15. The minimum Gasteiger partial charge on any atom is -0.420 e. The Labute approximate surface area is 207 Å². The van der Waals surface area contributed by atoms with E-state index in [-0.39, 0.29) is 0 Å². The lowest BCUT2D eigenvalue weighted by Gasteiger charge is -2.41. The molecular formula is C17H35F9O4Si5. The summed E-state index contributed by atoms with van der Waals surface area (Å²) in [5.74, 6) is -19.3. The van der Waals surface area contributed by atoms with Gasteiger partial charge in [0.05, 0.1) is 0 Å². The second-order valence-corrected chi connectivity index (χ2v) is 26.3. The number of hydrogen-bond acceptors (Lipinski definition) is 4. The maximum Gasteiger partial charge on any atom is 0.469 e. The van der Waals surface area contributed by atoms with Crippen molar-refractivity contribution >= 4 is 43.5 Å². The van der Waals surface area contributed by atoms with Gasteiger partial charge in [0.25, 0.3) is 0 Å². The molecule has 4 nitrogen and oxygen atoms in total. The van der Waals surface area contributed by atoms with Crippen molar-refractivity contribution in [2.45, 2.75) is 101 Å². The molecule has 0 rings (SSSR count). The van der Waals surface area contributed by atoms with Gasteiger partial charge in [-0.05, 0) is 64.5 Å². The highest BCUT2D eigenvalue weighted by Crippen LogP contribution is 2.54. The van der Waals surface area contributed by atoms with E-state index >= 15 is 0 Å². The van der Waals surface area contributed by atoms with Gasteiger partial charge in [-0.1, -0.05) is 0 Å². The second kappa shape index (κ2) is 12.0. The summed E-state index contributed by atoms with van der Waals surface area (Å²) >= 11 is 0. The van der Waals surface area contributed by atoms with Gasteiger partial charge in [0.2, 0.25) is 0 Å². The Kier molecular flexibility index (Phi) is 12.1. The Hall–Kier alpha value is 0.294. The van der Waals surface area contributed by atoms with E-state index in [4.69, 9.17) is 16.8 Å². The first kappa shape index (κ1) is 35.3. The zero-order valence-corrected chi connectivity index (χ0v) is 26.4. The lowest BCUT2D eigenvalue weighted by atomic mass is 10.0. The van der Waals surface area contributed by atoms with Gasteiger partial charge < -0.3 is 16.8 Å². The van der Waals surface area contributed by atoms with Gasteiger partial charge in [-0.2, -0.15) is 39.5 Å². The molecule has 0 saturated heterocycles. The van der Waals surface area contributed by atoms with E-state index in [1.807, 2.05) is 13.1 Å². The van der Waals surface area contributed by atoms with Crippen LogP contribution in [0, 0.1) is 0 Å². The van der Waals surface area contributed by atoms with Crippen LogP contribution >= 0.6 is 0 Å². The van der Waals surface area contributed by atoms with Crippen LogP contribution in [-0.4, -0.2) is 74.6 Å². The molecule has 0 aliphatic heterocycles. The smallest absolute Gasteiger partial charge is 0.420 e. The fourth-order valence-corrected chi connectivity index (χ4v) is 20.1. The predicted molar refractivity (Wildman–Crippen MR) is 126 cm³/mol. The largest absolute Gasteiger partial charge is 0.469 e. The molecule has 0 unspecified atom stereocenters. The third-order valence-corrected chi connectivity index (χ3v) is 19.6. The first-order chi connectivity index (χ1) is 15.3. The van der Waals surface area contributed by atoms with Crippen molar-refractivity contribution in [3.63, 3.8) is 0 Å². The molecule has 0 amide bonds. The van der Waals surface area contributed by atoms with E-state index in [0.717, 1.165) is 0 Å². The normalized spacial score (nSPS) is 15.4. The average Bonchev–Trinajstić information content (AvgIpc) is 2.62. The van der Waals surface area contributed by atoms with Crippen LogP contribution in [-0.2, 0) is 16.8 Å². The summed E-state index contributed by atoms with van der Waals surface area (Å²) in [6, 6.07) is 0.0906. The van der Waals surface area contributed by atoms with Crippen LogP contribution < -0.4 is 0 Å². The summed E-state index contributed by atoms with van der Waals surface area (Å²) < 4.78 is 144. The molecule has 0 aromatic heterocycles. The van der Waals surface area contributed by atoms with Crippen molar-refractivity contribution in [3.8, 4) is 0 Å². The number of halogens is 9. The summed E-state index contributed by atoms with van der Waals surface area (Å²) in [6.07, 6.45) is -8.89. The second-order valence-electron chi connectivity index (χ2n) is 9.88. The summed E-state index contributed by atoms with van der Waals surface area (Å²) in [6.45, 7) is 13.9. The predicted octanol–water partition coefficient (Wildman–Crippen LogP) is 7.39. The van der Waals surface area contributed by atoms with Crippen LogP contribution in [0.2, 0.25) is 70.5 Å². The van der Waals surface area contributed by atoms with Crippen LogP contribution in [0.1, 0.15) is 6.42 Å². The minimum absolute atomic E-state index is 0.491. The molecule has 0 atom stereocenters. The van der Waals surface area contributed by atoms with Gasteiger partial charge in [-0.25, -0.2) is 0 Å². The number of alkyl halides is 9. The van der Waals surface area contributed by atoms with E-state index < -0.39 is 79.9 Å². The van der Waals surface area contributed by atoms with Crippen LogP contribution in [0.5, 0.6) is 0 Å². The highest BCUT2D eigenvalue weighted by atomic mass is 28.5. The Morgan fingerprint density at radius 2 is 1.03 bits per heavy atom. The fraction of sp³-hybridized carbons (Fsp3) is 1.00. The summed E-state index contributed by atoms with van der Waals surface area (Å²) in [7, 11) is -10.9. The standard InChI is InChI=1S/C17H35F9O4Si5/c1-27-33(6,7)12-13-34(8,9)30-35(28-31(2)3,29-32(4)5)11-10-14(18,19)15(20,21)16(22,23)17(24,25)26/h10-13H2,1-9H3. The first-order valence-electron chi connectivity index (χ1n) is 10.7. The minimum atomic E-state index is -6.93. The average molecular weight is 615 g/mol. The van der Waals surface area contributed by atoms with E-state index in [2.05, 4.69) is 0 Å². The maximum absolute atomic E-state index is 14.4. The van der Waals surface area contributed by atoms with Crippen molar-refractivity contribution in [1.82, 2.24) is 0 Å². The molecule has 0 aliphatic rings. The highest BCUT2D eigenvalue weighted by molar-refractivity contribution is 6.86. The molecule has 0 aromatic carbocycles. The molecule has 0 aliphatic carbocycles. The topological polar surface area (TPSA) is 36.9 Å². The molecular weight excluding hydrogens is 580 g/mol. The van der Waals surface area contributed by atoms with E-state index in [9.17, 15) is 39.5 Å². The van der Waals surface area contributed by atoms with Crippen molar-refractivity contribution in [2.75, 3.05) is 7.11 Å². The lowest BCUT2D eigenvalue weighted by molar-refractivity contribution is -0.396. The molecule has 0 aromatic rings. The molecule has 0 fully saturated rings. The number of hydrogen-bond donors (Lipinski definition) is 0. The van der Waals surface area contributed by atoms with Crippen molar-refractivity contribution in [2.24, 2.45) is 0 Å². The Balaban J connectivity index is 6.16. The van der Waals surface area contributed by atoms with E-state index in [0.29, 0.717) is 12.1 Å². The molecule has 0 saturated carbocycles. The first-order valence-corrected chi connectivity index (χ1v) is 23.7. The summed E-state index contributed by atoms with van der Waals surface area (Å²) in [5.41, 5.74) is 0. The Bertz CT molecular complexity index is 667. The van der Waals surface area contributed by atoms with Gasteiger partial charge in [0, 0.05) is 19.6 Å². The lowest BCUT2D eigenvalue weighted by Crippen LogP contribution is -2.62. The van der Waals surface area contributed by atoms with Gasteiger partial charge >= 0.3 is 32.7 Å².